The van der Waals surface area contributed by atoms with Crippen LogP contribution in [0.15, 0.2) is 0 Å². The van der Waals surface area contributed by atoms with Crippen LogP contribution in [-0.4, -0.2) is 20.0 Å². The van der Waals surface area contributed by atoms with Crippen molar-refractivity contribution in [3.05, 3.63) is 27.8 Å². The Bertz CT molecular complexity index is 795. The first-order chi connectivity index (χ1) is 10.3. The van der Waals surface area contributed by atoms with Crippen molar-refractivity contribution in [1.29, 1.82) is 0 Å². The van der Waals surface area contributed by atoms with Crippen molar-refractivity contribution in [3.63, 3.8) is 0 Å². The summed E-state index contributed by atoms with van der Waals surface area (Å²) >= 11 is 0. The quantitative estimate of drug-likeness (QED) is 0.479. The Balaban J connectivity index is 3.68. The molecule has 0 aliphatic carbocycles. The molecular weight excluding hydrogens is 323 g/mol. The van der Waals surface area contributed by atoms with E-state index in [1.165, 1.54) is 13.8 Å². The summed E-state index contributed by atoms with van der Waals surface area (Å²) in [6.07, 6.45) is 5.43. The Morgan fingerprint density at radius 1 is 1.13 bits per heavy atom. The van der Waals surface area contributed by atoms with Crippen LogP contribution in [0.5, 0.6) is 5.75 Å². The van der Waals surface area contributed by atoms with Gasteiger partial charge in [-0.15, -0.1) is 6.42 Å². The first-order valence-electron chi connectivity index (χ1n) is 6.76. The maximum Gasteiger partial charge on any atom is 0.488 e. The first-order valence-corrected chi connectivity index (χ1v) is 8.07. The van der Waals surface area contributed by atoms with Gasteiger partial charge in [0.2, 0.25) is 0 Å². The van der Waals surface area contributed by atoms with Crippen LogP contribution in [0.1, 0.15) is 53.4 Å². The van der Waals surface area contributed by atoms with Gasteiger partial charge in [-0.25, -0.2) is 4.79 Å². The molecule has 0 aromatic heterocycles. The molecule has 0 N–H and O–H groups in total. The molecule has 0 fully saturated rings. The van der Waals surface area contributed by atoms with Crippen LogP contribution >= 0.6 is 0 Å². The number of carbonyl (C=O) groups is 1. The van der Waals surface area contributed by atoms with Crippen molar-refractivity contribution < 1.29 is 26.0 Å². The lowest BCUT2D eigenvalue weighted by molar-refractivity contribution is 0.00675. The molecule has 0 saturated carbocycles. The minimum absolute atomic E-state index is 0.0668. The molecule has 0 spiro atoms. The summed E-state index contributed by atoms with van der Waals surface area (Å²) in [5.41, 5.74) is 0.419. The first kappa shape index (κ1) is 19.0. The summed E-state index contributed by atoms with van der Waals surface area (Å²) in [5, 5.41) is 0. The van der Waals surface area contributed by atoms with Gasteiger partial charge in [0.05, 0.1) is 5.56 Å². The number of ether oxygens (including phenoxy) is 1. The van der Waals surface area contributed by atoms with Gasteiger partial charge in [-0.3, -0.25) is 0 Å². The van der Waals surface area contributed by atoms with E-state index < -0.39 is 22.1 Å². The van der Waals surface area contributed by atoms with Gasteiger partial charge >= 0.3 is 16.5 Å². The van der Waals surface area contributed by atoms with Crippen LogP contribution in [0.3, 0.4) is 0 Å². The van der Waals surface area contributed by atoms with E-state index in [1.807, 2.05) is 0 Å². The van der Waals surface area contributed by atoms with E-state index >= 15 is 0 Å². The molecule has 0 bridgehead atoms. The second-order valence-corrected chi connectivity index (χ2v) is 7.03. The van der Waals surface area contributed by atoms with Crippen LogP contribution < -0.4 is 4.18 Å². The summed E-state index contributed by atoms with van der Waals surface area (Å²) in [5.74, 6) is 1.38. The van der Waals surface area contributed by atoms with Crippen LogP contribution in [0, 0.1) is 33.1 Å². The van der Waals surface area contributed by atoms with Crippen LogP contribution in [0.25, 0.3) is 0 Å². The number of terminal acetylenes is 1. The molecule has 1 aromatic carbocycles. The zero-order chi connectivity index (χ0) is 18.2. The van der Waals surface area contributed by atoms with E-state index in [4.69, 9.17) is 11.2 Å². The van der Waals surface area contributed by atoms with Gasteiger partial charge in [-0.05, 0) is 47.1 Å². The molecule has 0 saturated heterocycles. The molecule has 126 valence electrons. The molecule has 0 aliphatic rings. The second kappa shape index (κ2) is 6.20. The molecule has 1 rings (SSSR count). The lowest BCUT2D eigenvalue weighted by atomic mass is 9.92. The van der Waals surface area contributed by atoms with Gasteiger partial charge in [-0.2, -0.15) is 8.42 Å². The molecule has 0 atom stereocenters. The van der Waals surface area contributed by atoms with Crippen molar-refractivity contribution in [2.24, 2.45) is 0 Å². The molecule has 0 unspecified atom stereocenters. The molecule has 1 aromatic rings. The highest BCUT2D eigenvalue weighted by Gasteiger charge is 2.28. The van der Waals surface area contributed by atoms with Crippen LogP contribution in [0.2, 0.25) is 0 Å². The highest BCUT2D eigenvalue weighted by atomic mass is 32.3. The topological polar surface area (TPSA) is 69.7 Å². The Hall–Kier alpha value is -2.07. The lowest BCUT2D eigenvalue weighted by Crippen LogP contribution is -2.25. The smallest absolute Gasteiger partial charge is 0.456 e. The molecule has 0 heterocycles. The maximum absolute atomic E-state index is 13.0. The number of benzene rings is 1. The fourth-order valence-corrected chi connectivity index (χ4v) is 2.72. The van der Waals surface area contributed by atoms with Gasteiger partial charge in [0, 0.05) is 16.7 Å². The Morgan fingerprint density at radius 2 is 1.65 bits per heavy atom. The Labute approximate surface area is 136 Å². The van der Waals surface area contributed by atoms with E-state index in [-0.39, 0.29) is 28.0 Å². The fourth-order valence-electron chi connectivity index (χ4n) is 2.27. The number of rotatable bonds is 3. The third-order valence-corrected chi connectivity index (χ3v) is 3.48. The number of hydrogen-bond donors (Lipinski definition) is 0. The fraction of sp³-hybridized carbons (Fsp3) is 0.438. The van der Waals surface area contributed by atoms with Crippen molar-refractivity contribution >= 4 is 16.5 Å². The number of esters is 1. The van der Waals surface area contributed by atoms with Gasteiger partial charge < -0.3 is 8.92 Å². The monoisotopic (exact) mass is 342 g/mol. The van der Waals surface area contributed by atoms with E-state index in [0.29, 0.717) is 5.56 Å². The zero-order valence-corrected chi connectivity index (χ0v) is 14.7. The molecule has 0 radical (unpaired) electrons. The summed E-state index contributed by atoms with van der Waals surface area (Å²) in [7, 11) is -5.26. The summed E-state index contributed by atoms with van der Waals surface area (Å²) in [4.78, 5) is 12.4. The second-order valence-electron chi connectivity index (χ2n) is 6.08. The molecule has 7 heteroatoms. The largest absolute Gasteiger partial charge is 0.488 e. The standard InChI is InChI=1S/C16H19FO5S/c1-8-12-9(2)13(15(18)21-16(5,6)7)11(4)14(10(12)3)22-23(17,19)20/h1H,2-7H3. The Kier molecular flexibility index (Phi) is 5.12. The minimum atomic E-state index is -5.26. The molecule has 5 nitrogen and oxygen atoms in total. The predicted octanol–water partition coefficient (Wildman–Crippen LogP) is 3.14. The van der Waals surface area contributed by atoms with Crippen molar-refractivity contribution in [1.82, 2.24) is 0 Å². The highest BCUT2D eigenvalue weighted by molar-refractivity contribution is 7.81. The van der Waals surface area contributed by atoms with Crippen molar-refractivity contribution in [3.8, 4) is 18.1 Å². The SMILES string of the molecule is C#Cc1c(C)c(OS(=O)(=O)F)c(C)c(C(=O)OC(C)(C)C)c1C. The Morgan fingerprint density at radius 3 is 2.04 bits per heavy atom. The van der Waals surface area contributed by atoms with Crippen molar-refractivity contribution in [2.75, 3.05) is 0 Å². The third kappa shape index (κ3) is 4.45. The van der Waals surface area contributed by atoms with Gasteiger partial charge in [0.15, 0.2) is 5.75 Å². The predicted molar refractivity (Wildman–Crippen MR) is 84.4 cm³/mol. The van der Waals surface area contributed by atoms with E-state index in [1.54, 1.807) is 27.7 Å². The summed E-state index contributed by atoms with van der Waals surface area (Å²) in [6, 6.07) is 0. The third-order valence-electron chi connectivity index (χ3n) is 3.11. The van der Waals surface area contributed by atoms with Crippen molar-refractivity contribution in [2.45, 2.75) is 47.1 Å². The number of hydrogen-bond acceptors (Lipinski definition) is 5. The van der Waals surface area contributed by atoms with E-state index in [0.717, 1.165) is 0 Å². The van der Waals surface area contributed by atoms with Gasteiger partial charge in [-0.1, -0.05) is 9.81 Å². The summed E-state index contributed by atoms with van der Waals surface area (Å²) in [6.45, 7) is 9.62. The summed E-state index contributed by atoms with van der Waals surface area (Å²) < 4.78 is 44.3. The maximum atomic E-state index is 13.0. The van der Waals surface area contributed by atoms with Gasteiger partial charge in [0.25, 0.3) is 0 Å². The highest BCUT2D eigenvalue weighted by Crippen LogP contribution is 2.34. The van der Waals surface area contributed by atoms with E-state index in [9.17, 15) is 17.1 Å². The lowest BCUT2D eigenvalue weighted by Gasteiger charge is -2.23. The molecule has 0 amide bonds. The van der Waals surface area contributed by atoms with Crippen LogP contribution in [0.4, 0.5) is 3.89 Å². The average Bonchev–Trinajstić information content (AvgIpc) is 2.31. The zero-order valence-electron chi connectivity index (χ0n) is 13.9. The van der Waals surface area contributed by atoms with E-state index in [2.05, 4.69) is 10.1 Å². The van der Waals surface area contributed by atoms with Crippen LogP contribution in [-0.2, 0) is 15.2 Å². The minimum Gasteiger partial charge on any atom is -0.456 e. The number of halogens is 1. The molecule has 23 heavy (non-hydrogen) atoms. The normalized spacial score (nSPS) is 11.7. The average molecular weight is 342 g/mol. The van der Waals surface area contributed by atoms with Gasteiger partial charge in [0.1, 0.15) is 5.60 Å². The number of carbonyl (C=O) groups excluding carboxylic acids is 1. The molecular formula is C16H19FO5S. The molecule has 0 aliphatic heterocycles.